The predicted octanol–water partition coefficient (Wildman–Crippen LogP) is 5.80. The maximum atomic E-state index is 12.8. The molecule has 0 unspecified atom stereocenters. The molecule has 0 saturated heterocycles. The van der Waals surface area contributed by atoms with Crippen LogP contribution in [0.3, 0.4) is 0 Å². The van der Waals surface area contributed by atoms with E-state index in [9.17, 15) is 4.79 Å². The molecule has 0 amide bonds. The number of carbonyl (C=O) groups excluding carboxylic acids is 1. The fraction of sp³-hybridized carbons (Fsp3) is 0.250. The molecular weight excluding hydrogens is 492 g/mol. The third-order valence-corrected chi connectivity index (χ3v) is 6.43. The Bertz CT molecular complexity index is 1110. The fourth-order valence-corrected chi connectivity index (χ4v) is 4.67. The highest BCUT2D eigenvalue weighted by molar-refractivity contribution is 9.10. The second kappa shape index (κ2) is 9.83. The van der Waals surface area contributed by atoms with Crippen molar-refractivity contribution in [1.29, 1.82) is 0 Å². The van der Waals surface area contributed by atoms with Crippen LogP contribution in [0.4, 0.5) is 0 Å². The zero-order valence-corrected chi connectivity index (χ0v) is 20.4. The van der Waals surface area contributed by atoms with Gasteiger partial charge in [0.25, 0.3) is 0 Å². The smallest absolute Gasteiger partial charge is 0.338 e. The van der Waals surface area contributed by atoms with E-state index in [0.29, 0.717) is 36.0 Å². The topological polar surface area (TPSA) is 60.4 Å². The van der Waals surface area contributed by atoms with Crippen LogP contribution in [0, 0.1) is 0 Å². The molecule has 2 heterocycles. The molecule has 2 aromatic rings. The van der Waals surface area contributed by atoms with E-state index < -0.39 is 0 Å². The van der Waals surface area contributed by atoms with E-state index in [4.69, 9.17) is 14.2 Å². The first-order valence-corrected chi connectivity index (χ1v) is 11.8. The molecule has 32 heavy (non-hydrogen) atoms. The van der Waals surface area contributed by atoms with Gasteiger partial charge in [-0.25, -0.2) is 9.79 Å². The van der Waals surface area contributed by atoms with Crippen LogP contribution in [0.1, 0.15) is 31.0 Å². The number of hydrogen-bond acceptors (Lipinski definition) is 7. The largest absolute Gasteiger partial charge is 0.493 e. The van der Waals surface area contributed by atoms with Gasteiger partial charge in [0.2, 0.25) is 0 Å². The molecule has 2 aliphatic rings. The number of halogens is 1. The molecule has 8 heteroatoms. The van der Waals surface area contributed by atoms with Crippen LogP contribution >= 0.6 is 27.7 Å². The van der Waals surface area contributed by atoms with Gasteiger partial charge in [-0.15, -0.1) is 0 Å². The number of rotatable bonds is 7. The Balaban J connectivity index is 1.65. The molecule has 4 rings (SSSR count). The van der Waals surface area contributed by atoms with E-state index in [0.717, 1.165) is 20.8 Å². The molecule has 0 bridgehead atoms. The zero-order valence-electron chi connectivity index (χ0n) is 18.0. The molecule has 166 valence electrons. The van der Waals surface area contributed by atoms with Crippen LogP contribution in [0.5, 0.6) is 11.5 Å². The van der Waals surface area contributed by atoms with Gasteiger partial charge in [-0.3, -0.25) is 0 Å². The third kappa shape index (κ3) is 4.56. The minimum absolute atomic E-state index is 0.301. The average molecular weight is 515 g/mol. The monoisotopic (exact) mass is 514 g/mol. The molecule has 6 nitrogen and oxygen atoms in total. The number of aliphatic imine (C=N–C) groups is 1. The highest BCUT2D eigenvalue weighted by atomic mass is 79.9. The Morgan fingerprint density at radius 3 is 2.69 bits per heavy atom. The molecule has 0 N–H and O–H groups in total. The predicted molar refractivity (Wildman–Crippen MR) is 130 cm³/mol. The number of carbonyl (C=O) groups is 1. The number of nitrogens with zero attached hydrogens (tertiary/aromatic N) is 2. The van der Waals surface area contributed by atoms with Crippen molar-refractivity contribution in [3.8, 4) is 11.5 Å². The van der Waals surface area contributed by atoms with Crippen molar-refractivity contribution in [1.82, 2.24) is 4.90 Å². The summed E-state index contributed by atoms with van der Waals surface area (Å²) in [6, 6.07) is 13.4. The van der Waals surface area contributed by atoms with Gasteiger partial charge in [-0.2, -0.15) is 0 Å². The number of benzene rings is 2. The Morgan fingerprint density at radius 1 is 1.19 bits per heavy atom. The van der Waals surface area contributed by atoms with E-state index in [-0.39, 0.29) is 12.0 Å². The summed E-state index contributed by atoms with van der Waals surface area (Å²) in [6.07, 6.45) is 1.93. The number of thioether (sulfide) groups is 1. The number of allylic oxidation sites excluding steroid dienone is 1. The third-order valence-electron chi connectivity index (χ3n) is 5.13. The summed E-state index contributed by atoms with van der Waals surface area (Å²) in [6.45, 7) is 4.36. The van der Waals surface area contributed by atoms with E-state index in [2.05, 4.69) is 20.9 Å². The normalized spacial score (nSPS) is 17.2. The fourth-order valence-electron chi connectivity index (χ4n) is 3.61. The lowest BCUT2D eigenvalue weighted by molar-refractivity contribution is -0.139. The summed E-state index contributed by atoms with van der Waals surface area (Å²) in [5.74, 6) is 0.867. The quantitative estimate of drug-likeness (QED) is 0.434. The van der Waals surface area contributed by atoms with Crippen molar-refractivity contribution in [2.45, 2.75) is 26.5 Å². The molecular formula is C24H23BrN2O4S. The molecule has 0 aromatic heterocycles. The van der Waals surface area contributed by atoms with Crippen molar-refractivity contribution in [2.24, 2.45) is 4.99 Å². The molecule has 0 radical (unpaired) electrons. The van der Waals surface area contributed by atoms with Gasteiger partial charge in [-0.1, -0.05) is 45.9 Å². The molecule has 0 spiro atoms. The van der Waals surface area contributed by atoms with Gasteiger partial charge in [0.05, 0.1) is 31.0 Å². The van der Waals surface area contributed by atoms with Crippen LogP contribution in [0.2, 0.25) is 0 Å². The van der Waals surface area contributed by atoms with Gasteiger partial charge >= 0.3 is 5.97 Å². The Hall–Kier alpha value is -2.71. The molecule has 1 atom stereocenters. The summed E-state index contributed by atoms with van der Waals surface area (Å²) in [5.41, 5.74) is 3.12. The molecule has 0 aliphatic carbocycles. The second-order valence-electron chi connectivity index (χ2n) is 7.15. The average Bonchev–Trinajstić information content (AvgIpc) is 3.25. The van der Waals surface area contributed by atoms with Gasteiger partial charge in [0.15, 0.2) is 16.7 Å². The molecule has 2 aromatic carbocycles. The maximum absolute atomic E-state index is 12.8. The second-order valence-corrected chi connectivity index (χ2v) is 8.94. The van der Waals surface area contributed by atoms with Gasteiger partial charge < -0.3 is 19.1 Å². The lowest BCUT2D eigenvalue weighted by Crippen LogP contribution is -2.34. The van der Waals surface area contributed by atoms with Crippen LogP contribution in [-0.2, 0) is 16.1 Å². The summed E-state index contributed by atoms with van der Waals surface area (Å²) < 4.78 is 18.0. The number of methoxy groups -OCH3 is 1. The Kier molecular flexibility index (Phi) is 6.91. The van der Waals surface area contributed by atoms with E-state index in [1.165, 1.54) is 11.8 Å². The van der Waals surface area contributed by atoms with Crippen LogP contribution in [0.25, 0.3) is 0 Å². The summed E-state index contributed by atoms with van der Waals surface area (Å²) in [4.78, 5) is 19.4. The van der Waals surface area contributed by atoms with E-state index >= 15 is 0 Å². The van der Waals surface area contributed by atoms with Gasteiger partial charge in [0, 0.05) is 10.7 Å². The van der Waals surface area contributed by atoms with Crippen molar-refractivity contribution >= 4 is 38.8 Å². The Labute approximate surface area is 200 Å². The van der Waals surface area contributed by atoms with E-state index in [1.54, 1.807) is 14.0 Å². The number of fused-ring (bicyclic) bond motifs is 1. The minimum Gasteiger partial charge on any atom is -0.493 e. The summed E-state index contributed by atoms with van der Waals surface area (Å²) in [5, 5.41) is 2.79. The Morgan fingerprint density at radius 2 is 1.97 bits per heavy atom. The molecule has 0 fully saturated rings. The lowest BCUT2D eigenvalue weighted by atomic mass is 9.94. The van der Waals surface area contributed by atoms with Crippen LogP contribution in [0.15, 0.2) is 74.8 Å². The number of hydrogen-bond donors (Lipinski definition) is 0. The molecule has 2 aliphatic heterocycles. The summed E-state index contributed by atoms with van der Waals surface area (Å²) >= 11 is 4.97. The first kappa shape index (κ1) is 22.5. The van der Waals surface area contributed by atoms with Gasteiger partial charge in [-0.05, 0) is 54.6 Å². The van der Waals surface area contributed by atoms with Crippen LogP contribution in [-0.4, -0.2) is 29.8 Å². The first-order valence-electron chi connectivity index (χ1n) is 10.1. The first-order chi connectivity index (χ1) is 15.5. The number of amidine groups is 1. The highest BCUT2D eigenvalue weighted by Crippen LogP contribution is 2.43. The van der Waals surface area contributed by atoms with Crippen molar-refractivity contribution in [3.05, 3.63) is 80.9 Å². The highest BCUT2D eigenvalue weighted by Gasteiger charge is 2.37. The van der Waals surface area contributed by atoms with Gasteiger partial charge in [0.1, 0.15) is 6.61 Å². The van der Waals surface area contributed by atoms with Crippen molar-refractivity contribution in [3.63, 3.8) is 0 Å². The van der Waals surface area contributed by atoms with Crippen molar-refractivity contribution in [2.75, 3.05) is 13.7 Å². The van der Waals surface area contributed by atoms with Crippen LogP contribution < -0.4 is 9.47 Å². The minimum atomic E-state index is -0.363. The number of ether oxygens (including phenoxy) is 3. The standard InChI is InChI=1S/C24H23BrN2O4S/c1-4-30-23(28)21-15(2)26-24-27(11-12-32-24)22(21)17-7-10-19(20(13-17)29-3)31-14-16-5-8-18(25)9-6-16/h5-13,22H,4,14H2,1-3H3/t22-/m0/s1. The van der Waals surface area contributed by atoms with E-state index in [1.807, 2.05) is 65.9 Å². The maximum Gasteiger partial charge on any atom is 0.338 e. The number of esters is 1. The SMILES string of the molecule is CCOC(=O)C1=C(C)N=C2SC=CN2[C@H]1c1ccc(OCc2ccc(Br)cc2)c(OC)c1. The van der Waals surface area contributed by atoms with Crippen molar-refractivity contribution < 1.29 is 19.0 Å². The summed E-state index contributed by atoms with van der Waals surface area (Å²) in [7, 11) is 1.61. The molecule has 0 saturated carbocycles. The zero-order chi connectivity index (χ0) is 22.7. The lowest BCUT2D eigenvalue weighted by Gasteiger charge is -2.33.